The number of rotatable bonds is 6. The minimum atomic E-state index is -3.46. The van der Waals surface area contributed by atoms with Gasteiger partial charge in [-0.15, -0.1) is 0 Å². The highest BCUT2D eigenvalue weighted by Gasteiger charge is 2.20. The molecule has 112 valence electrons. The molecule has 0 radical (unpaired) electrons. The lowest BCUT2D eigenvalue weighted by Gasteiger charge is -2.13. The van der Waals surface area contributed by atoms with Crippen LogP contribution in [0.1, 0.15) is 27.9 Å². The molecule has 0 aliphatic carbocycles. The number of carboxylic acids is 1. The van der Waals surface area contributed by atoms with Crippen molar-refractivity contribution in [3.8, 4) is 0 Å². The molecule has 20 heavy (non-hydrogen) atoms. The second-order valence-corrected chi connectivity index (χ2v) is 7.27. The van der Waals surface area contributed by atoms with Gasteiger partial charge in [0, 0.05) is 0 Å². The van der Waals surface area contributed by atoms with E-state index >= 15 is 0 Å². The summed E-state index contributed by atoms with van der Waals surface area (Å²) in [5.41, 5.74) is 1.32. The fourth-order valence-corrected chi connectivity index (χ4v) is 3.62. The van der Waals surface area contributed by atoms with Crippen LogP contribution in [0, 0.1) is 13.8 Å². The van der Waals surface area contributed by atoms with E-state index in [1.165, 1.54) is 12.1 Å². The maximum absolute atomic E-state index is 12.4. The predicted molar refractivity (Wildman–Crippen MR) is 78.1 cm³/mol. The Hall–Kier alpha value is -1.40. The van der Waals surface area contributed by atoms with Gasteiger partial charge in [0.05, 0.1) is 16.2 Å². The highest BCUT2D eigenvalue weighted by Crippen LogP contribution is 2.23. The van der Waals surface area contributed by atoms with Crippen molar-refractivity contribution in [1.82, 2.24) is 4.90 Å². The van der Waals surface area contributed by atoms with Crippen LogP contribution in [0.3, 0.4) is 0 Å². The van der Waals surface area contributed by atoms with Crippen molar-refractivity contribution in [3.05, 3.63) is 28.8 Å². The number of carboxylic acid groups (broad SMARTS) is 1. The number of aromatic carboxylic acids is 1. The maximum Gasteiger partial charge on any atom is 0.335 e. The average Bonchev–Trinajstić information content (AvgIpc) is 2.31. The largest absolute Gasteiger partial charge is 0.478 e. The number of aryl methyl sites for hydroxylation is 1. The fourth-order valence-electron chi connectivity index (χ4n) is 1.95. The van der Waals surface area contributed by atoms with E-state index in [1.54, 1.807) is 13.8 Å². The molecule has 1 aromatic carbocycles. The van der Waals surface area contributed by atoms with E-state index in [1.807, 2.05) is 19.0 Å². The molecule has 1 rings (SSSR count). The van der Waals surface area contributed by atoms with Crippen molar-refractivity contribution >= 4 is 15.8 Å². The lowest BCUT2D eigenvalue weighted by atomic mass is 10.1. The molecule has 0 aromatic heterocycles. The Morgan fingerprint density at radius 2 is 1.85 bits per heavy atom. The molecule has 1 N–H and O–H groups in total. The average molecular weight is 299 g/mol. The Labute approximate surface area is 120 Å². The van der Waals surface area contributed by atoms with Gasteiger partial charge in [0.25, 0.3) is 0 Å². The number of sulfone groups is 1. The number of carbonyl (C=O) groups is 1. The molecule has 0 spiro atoms. The van der Waals surface area contributed by atoms with E-state index < -0.39 is 15.8 Å². The molecule has 0 atom stereocenters. The smallest absolute Gasteiger partial charge is 0.335 e. The van der Waals surface area contributed by atoms with E-state index in [4.69, 9.17) is 5.11 Å². The summed E-state index contributed by atoms with van der Waals surface area (Å²) in [6.45, 7) is 4.11. The van der Waals surface area contributed by atoms with E-state index in [9.17, 15) is 13.2 Å². The summed E-state index contributed by atoms with van der Waals surface area (Å²) < 4.78 is 24.7. The molecular formula is C14H21NO4S. The minimum Gasteiger partial charge on any atom is -0.478 e. The fraction of sp³-hybridized carbons (Fsp3) is 0.500. The molecule has 6 heteroatoms. The van der Waals surface area contributed by atoms with E-state index in [-0.39, 0.29) is 16.2 Å². The standard InChI is InChI=1S/C14H21NO4S/c1-10-8-12(14(16)17)9-13(11(10)2)20(18,19)7-5-6-15(3)4/h8-9H,5-7H2,1-4H3,(H,16,17). The summed E-state index contributed by atoms with van der Waals surface area (Å²) in [6.07, 6.45) is 0.519. The molecule has 0 saturated carbocycles. The van der Waals surface area contributed by atoms with E-state index in [2.05, 4.69) is 0 Å². The molecule has 0 fully saturated rings. The molecule has 0 aliphatic rings. The molecule has 0 unspecified atom stereocenters. The summed E-state index contributed by atoms with van der Waals surface area (Å²) in [6, 6.07) is 2.76. The molecule has 5 nitrogen and oxygen atoms in total. The van der Waals surface area contributed by atoms with Crippen molar-refractivity contribution in [1.29, 1.82) is 0 Å². The lowest BCUT2D eigenvalue weighted by molar-refractivity contribution is 0.0696. The zero-order valence-electron chi connectivity index (χ0n) is 12.3. The van der Waals surface area contributed by atoms with Crippen molar-refractivity contribution in [2.24, 2.45) is 0 Å². The van der Waals surface area contributed by atoms with Gasteiger partial charge < -0.3 is 10.0 Å². The molecular weight excluding hydrogens is 278 g/mol. The van der Waals surface area contributed by atoms with Crippen LogP contribution in [0.4, 0.5) is 0 Å². The predicted octanol–water partition coefficient (Wildman–Crippen LogP) is 1.73. The third-order valence-electron chi connectivity index (χ3n) is 3.22. The summed E-state index contributed by atoms with van der Waals surface area (Å²) >= 11 is 0. The van der Waals surface area contributed by atoms with E-state index in [0.29, 0.717) is 24.1 Å². The summed E-state index contributed by atoms with van der Waals surface area (Å²) in [5, 5.41) is 9.04. The second kappa shape index (κ2) is 6.37. The maximum atomic E-state index is 12.4. The molecule has 1 aromatic rings. The highest BCUT2D eigenvalue weighted by atomic mass is 32.2. The Balaban J connectivity index is 3.14. The Morgan fingerprint density at radius 1 is 1.25 bits per heavy atom. The molecule has 0 amide bonds. The summed E-state index contributed by atoms with van der Waals surface area (Å²) in [4.78, 5) is 13.1. The van der Waals surface area contributed by atoms with Gasteiger partial charge in [-0.3, -0.25) is 0 Å². The van der Waals surface area contributed by atoms with Gasteiger partial charge in [0.15, 0.2) is 9.84 Å². The third kappa shape index (κ3) is 4.05. The van der Waals surface area contributed by atoms with Crippen molar-refractivity contribution in [2.75, 3.05) is 26.4 Å². The lowest BCUT2D eigenvalue weighted by Crippen LogP contribution is -2.18. The Kier molecular flexibility index (Phi) is 5.30. The van der Waals surface area contributed by atoms with Gasteiger partial charge in [-0.25, -0.2) is 13.2 Å². The van der Waals surface area contributed by atoms with Gasteiger partial charge in [-0.1, -0.05) is 0 Å². The van der Waals surface area contributed by atoms with Crippen LogP contribution in [0.2, 0.25) is 0 Å². The number of nitrogens with zero attached hydrogens (tertiary/aromatic N) is 1. The van der Waals surface area contributed by atoms with Crippen LogP contribution in [0.25, 0.3) is 0 Å². The monoisotopic (exact) mass is 299 g/mol. The molecule has 0 aliphatic heterocycles. The summed E-state index contributed by atoms with van der Waals surface area (Å²) in [7, 11) is 0.309. The van der Waals surface area contributed by atoms with Crippen LogP contribution >= 0.6 is 0 Å². The van der Waals surface area contributed by atoms with E-state index in [0.717, 1.165) is 0 Å². The van der Waals surface area contributed by atoms with Crippen LogP contribution in [-0.4, -0.2) is 50.8 Å². The highest BCUT2D eigenvalue weighted by molar-refractivity contribution is 7.91. The minimum absolute atomic E-state index is 0.0132. The van der Waals surface area contributed by atoms with Gasteiger partial charge in [0.1, 0.15) is 0 Å². The first-order valence-corrected chi connectivity index (χ1v) is 8.02. The first-order chi connectivity index (χ1) is 9.15. The zero-order valence-corrected chi connectivity index (χ0v) is 13.1. The zero-order chi connectivity index (χ0) is 15.5. The Morgan fingerprint density at radius 3 is 2.35 bits per heavy atom. The van der Waals surface area contributed by atoms with Crippen LogP contribution in [0.5, 0.6) is 0 Å². The number of benzene rings is 1. The normalized spacial score (nSPS) is 11.8. The molecule has 0 heterocycles. The number of hydrogen-bond donors (Lipinski definition) is 1. The Bertz CT molecular complexity index is 606. The van der Waals surface area contributed by atoms with Crippen LogP contribution in [-0.2, 0) is 9.84 Å². The van der Waals surface area contributed by atoms with Crippen LogP contribution in [0.15, 0.2) is 17.0 Å². The second-order valence-electron chi connectivity index (χ2n) is 5.20. The number of hydrogen-bond acceptors (Lipinski definition) is 4. The van der Waals surface area contributed by atoms with Gasteiger partial charge in [-0.05, 0) is 64.2 Å². The first-order valence-electron chi connectivity index (χ1n) is 6.37. The molecule has 0 bridgehead atoms. The molecule has 0 saturated heterocycles. The van der Waals surface area contributed by atoms with Crippen molar-refractivity contribution in [2.45, 2.75) is 25.2 Å². The van der Waals surface area contributed by atoms with Crippen molar-refractivity contribution in [3.63, 3.8) is 0 Å². The van der Waals surface area contributed by atoms with Crippen molar-refractivity contribution < 1.29 is 18.3 Å². The van der Waals surface area contributed by atoms with Crippen LogP contribution < -0.4 is 0 Å². The van der Waals surface area contributed by atoms with Gasteiger partial charge >= 0.3 is 5.97 Å². The SMILES string of the molecule is Cc1cc(C(=O)O)cc(S(=O)(=O)CCCN(C)C)c1C. The quantitative estimate of drug-likeness (QED) is 0.866. The van der Waals surface area contributed by atoms with Gasteiger partial charge in [-0.2, -0.15) is 0 Å². The van der Waals surface area contributed by atoms with Gasteiger partial charge in [0.2, 0.25) is 0 Å². The topological polar surface area (TPSA) is 74.7 Å². The third-order valence-corrected chi connectivity index (χ3v) is 5.14. The first kappa shape index (κ1) is 16.7. The summed E-state index contributed by atoms with van der Waals surface area (Å²) in [5.74, 6) is -1.09.